The van der Waals surface area contributed by atoms with E-state index in [1.807, 2.05) is 11.3 Å². The Morgan fingerprint density at radius 3 is 2.88 bits per heavy atom. The first-order valence-corrected chi connectivity index (χ1v) is 7.25. The molecule has 0 radical (unpaired) electrons. The fraction of sp³-hybridized carbons (Fsp3) is 0.692. The van der Waals surface area contributed by atoms with Gasteiger partial charge in [-0.3, -0.25) is 4.90 Å². The first-order chi connectivity index (χ1) is 7.90. The van der Waals surface area contributed by atoms with Crippen molar-refractivity contribution in [3.63, 3.8) is 0 Å². The fourth-order valence-corrected chi connectivity index (χ4v) is 3.09. The van der Waals surface area contributed by atoms with Gasteiger partial charge < -0.3 is 5.32 Å². The molecule has 0 aliphatic carbocycles. The number of likely N-dealkylation sites (tertiary alicyclic amines) is 1. The van der Waals surface area contributed by atoms with Gasteiger partial charge in [0.15, 0.2) is 0 Å². The average Bonchev–Trinajstić information content (AvgIpc) is 2.96. The average molecular weight is 238 g/mol. The third-order valence-electron chi connectivity index (χ3n) is 3.39. The molecule has 0 aromatic carbocycles. The minimum Gasteiger partial charge on any atom is -0.310 e. The quantitative estimate of drug-likeness (QED) is 0.820. The van der Waals surface area contributed by atoms with Crippen LogP contribution in [0.2, 0.25) is 0 Å². The molecule has 2 rings (SSSR count). The van der Waals surface area contributed by atoms with Crippen molar-refractivity contribution in [2.45, 2.75) is 38.8 Å². The maximum Gasteiger partial charge on any atom is 0.0300 e. The van der Waals surface area contributed by atoms with Gasteiger partial charge in [-0.1, -0.05) is 13.0 Å². The molecule has 1 aliphatic heterocycles. The molecule has 1 aromatic heterocycles. The highest BCUT2D eigenvalue weighted by Gasteiger charge is 2.19. The molecule has 16 heavy (non-hydrogen) atoms. The maximum atomic E-state index is 3.58. The lowest BCUT2D eigenvalue weighted by Gasteiger charge is -2.26. The summed E-state index contributed by atoms with van der Waals surface area (Å²) in [7, 11) is 0. The van der Waals surface area contributed by atoms with E-state index in [1.54, 1.807) is 0 Å². The van der Waals surface area contributed by atoms with Crippen LogP contribution in [0.3, 0.4) is 0 Å². The molecule has 0 amide bonds. The third-order valence-corrected chi connectivity index (χ3v) is 4.26. The Morgan fingerprint density at radius 1 is 1.44 bits per heavy atom. The predicted octanol–water partition coefficient (Wildman–Crippen LogP) is 2.71. The van der Waals surface area contributed by atoms with E-state index in [1.165, 1.54) is 37.2 Å². The van der Waals surface area contributed by atoms with Gasteiger partial charge in [0.2, 0.25) is 0 Å². The highest BCUT2D eigenvalue weighted by Crippen LogP contribution is 2.14. The topological polar surface area (TPSA) is 15.3 Å². The first-order valence-electron chi connectivity index (χ1n) is 6.37. The summed E-state index contributed by atoms with van der Waals surface area (Å²) in [5, 5.41) is 5.73. The number of thiophene rings is 1. The van der Waals surface area contributed by atoms with Gasteiger partial charge >= 0.3 is 0 Å². The van der Waals surface area contributed by atoms with Gasteiger partial charge in [-0.2, -0.15) is 0 Å². The molecule has 1 N–H and O–H groups in total. The minimum atomic E-state index is 0.738. The van der Waals surface area contributed by atoms with Crippen LogP contribution in [0.4, 0.5) is 0 Å². The van der Waals surface area contributed by atoms with E-state index in [4.69, 9.17) is 0 Å². The number of hydrogen-bond donors (Lipinski definition) is 1. The smallest absolute Gasteiger partial charge is 0.0300 e. The summed E-state index contributed by atoms with van der Waals surface area (Å²) in [6, 6.07) is 5.07. The van der Waals surface area contributed by atoms with Crippen LogP contribution >= 0.6 is 11.3 Å². The Balaban J connectivity index is 1.70. The summed E-state index contributed by atoms with van der Waals surface area (Å²) in [4.78, 5) is 4.08. The molecule has 0 saturated carbocycles. The molecule has 0 spiro atoms. The first kappa shape index (κ1) is 12.1. The molecule has 2 nitrogen and oxygen atoms in total. The molecular weight excluding hydrogens is 216 g/mol. The summed E-state index contributed by atoms with van der Waals surface area (Å²) in [6.45, 7) is 7.07. The third kappa shape index (κ3) is 3.30. The SMILES string of the molecule is CCC(CNCc1cccs1)N1CCCC1. The van der Waals surface area contributed by atoms with Gasteiger partial charge in [0.05, 0.1) is 0 Å². The molecule has 1 atom stereocenters. The van der Waals surface area contributed by atoms with E-state index in [2.05, 4.69) is 34.7 Å². The zero-order valence-electron chi connectivity index (χ0n) is 10.1. The normalized spacial score (nSPS) is 19.1. The Kier molecular flexibility index (Phi) is 4.82. The summed E-state index contributed by atoms with van der Waals surface area (Å²) in [5.74, 6) is 0. The van der Waals surface area contributed by atoms with Crippen molar-refractivity contribution in [2.75, 3.05) is 19.6 Å². The van der Waals surface area contributed by atoms with Crippen LogP contribution in [-0.4, -0.2) is 30.6 Å². The monoisotopic (exact) mass is 238 g/mol. The largest absolute Gasteiger partial charge is 0.310 e. The second-order valence-electron chi connectivity index (χ2n) is 4.52. The number of nitrogens with zero attached hydrogens (tertiary/aromatic N) is 1. The summed E-state index contributed by atoms with van der Waals surface area (Å²) in [5.41, 5.74) is 0. The molecular formula is C13H22N2S. The van der Waals surface area contributed by atoms with Crippen LogP contribution in [-0.2, 0) is 6.54 Å². The van der Waals surface area contributed by atoms with E-state index in [9.17, 15) is 0 Å². The van der Waals surface area contributed by atoms with Crippen LogP contribution in [0.15, 0.2) is 17.5 Å². The van der Waals surface area contributed by atoms with Gasteiger partial charge in [0.1, 0.15) is 0 Å². The predicted molar refractivity (Wildman–Crippen MR) is 70.9 cm³/mol. The highest BCUT2D eigenvalue weighted by molar-refractivity contribution is 7.09. The van der Waals surface area contributed by atoms with Crippen molar-refractivity contribution in [1.82, 2.24) is 10.2 Å². The van der Waals surface area contributed by atoms with Crippen LogP contribution in [0.25, 0.3) is 0 Å². The molecule has 1 aromatic rings. The Morgan fingerprint density at radius 2 is 2.25 bits per heavy atom. The Hall–Kier alpha value is -0.380. The van der Waals surface area contributed by atoms with Crippen LogP contribution in [0.1, 0.15) is 31.1 Å². The lowest BCUT2D eigenvalue weighted by molar-refractivity contribution is 0.229. The number of nitrogens with one attached hydrogen (secondary N) is 1. The number of hydrogen-bond acceptors (Lipinski definition) is 3. The van der Waals surface area contributed by atoms with Gasteiger partial charge in [-0.15, -0.1) is 11.3 Å². The molecule has 1 saturated heterocycles. The highest BCUT2D eigenvalue weighted by atomic mass is 32.1. The van der Waals surface area contributed by atoms with Gasteiger partial charge in [0, 0.05) is 24.0 Å². The molecule has 90 valence electrons. The van der Waals surface area contributed by atoms with Crippen molar-refractivity contribution in [1.29, 1.82) is 0 Å². The van der Waals surface area contributed by atoms with E-state index < -0.39 is 0 Å². The molecule has 3 heteroatoms. The van der Waals surface area contributed by atoms with Crippen molar-refractivity contribution in [3.05, 3.63) is 22.4 Å². The fourth-order valence-electron chi connectivity index (χ4n) is 2.41. The summed E-state index contributed by atoms with van der Waals surface area (Å²) in [6.07, 6.45) is 4.04. The molecule has 1 aliphatic rings. The second kappa shape index (κ2) is 6.38. The van der Waals surface area contributed by atoms with E-state index in [0.29, 0.717) is 0 Å². The lowest BCUT2D eigenvalue weighted by atomic mass is 10.2. The van der Waals surface area contributed by atoms with Crippen molar-refractivity contribution in [3.8, 4) is 0 Å². The van der Waals surface area contributed by atoms with Crippen LogP contribution in [0.5, 0.6) is 0 Å². The summed E-state index contributed by atoms with van der Waals surface area (Å²) >= 11 is 1.84. The Bertz CT molecular complexity index is 278. The minimum absolute atomic E-state index is 0.738. The van der Waals surface area contributed by atoms with Crippen molar-refractivity contribution in [2.24, 2.45) is 0 Å². The number of rotatable bonds is 6. The maximum absolute atomic E-state index is 3.58. The van der Waals surface area contributed by atoms with Gasteiger partial charge in [-0.25, -0.2) is 0 Å². The van der Waals surface area contributed by atoms with Crippen LogP contribution in [0, 0.1) is 0 Å². The zero-order chi connectivity index (χ0) is 11.2. The molecule has 0 bridgehead atoms. The Labute approximate surface area is 103 Å². The van der Waals surface area contributed by atoms with E-state index in [0.717, 1.165) is 19.1 Å². The lowest BCUT2D eigenvalue weighted by Crippen LogP contribution is -2.40. The second-order valence-corrected chi connectivity index (χ2v) is 5.55. The van der Waals surface area contributed by atoms with Crippen molar-refractivity contribution < 1.29 is 0 Å². The molecule has 1 unspecified atom stereocenters. The zero-order valence-corrected chi connectivity index (χ0v) is 10.9. The molecule has 1 fully saturated rings. The summed E-state index contributed by atoms with van der Waals surface area (Å²) < 4.78 is 0. The van der Waals surface area contributed by atoms with Crippen molar-refractivity contribution >= 4 is 11.3 Å². The standard InChI is InChI=1S/C13H22N2S/c1-2-12(15-7-3-4-8-15)10-14-11-13-6-5-9-16-13/h5-6,9,12,14H,2-4,7-8,10-11H2,1H3. The van der Waals surface area contributed by atoms with Crippen LogP contribution < -0.4 is 5.32 Å². The molecule has 2 heterocycles. The van der Waals surface area contributed by atoms with E-state index >= 15 is 0 Å². The van der Waals surface area contributed by atoms with Gasteiger partial charge in [-0.05, 0) is 43.8 Å². The van der Waals surface area contributed by atoms with E-state index in [-0.39, 0.29) is 0 Å². The van der Waals surface area contributed by atoms with Gasteiger partial charge in [0.25, 0.3) is 0 Å².